The average Bonchev–Trinajstić information content (AvgIpc) is 2.37. The van der Waals surface area contributed by atoms with Crippen molar-refractivity contribution >= 4 is 11.9 Å². The van der Waals surface area contributed by atoms with Crippen LogP contribution in [0.4, 0.5) is 4.79 Å². The van der Waals surface area contributed by atoms with Crippen molar-refractivity contribution in [3.63, 3.8) is 0 Å². The quantitative estimate of drug-likeness (QED) is 0.777. The van der Waals surface area contributed by atoms with E-state index in [0.29, 0.717) is 19.0 Å². The van der Waals surface area contributed by atoms with Crippen LogP contribution in [0.2, 0.25) is 0 Å². The Morgan fingerprint density at radius 1 is 1.30 bits per heavy atom. The summed E-state index contributed by atoms with van der Waals surface area (Å²) in [6, 6.07) is -0.222. The van der Waals surface area contributed by atoms with Gasteiger partial charge >= 0.3 is 6.03 Å². The normalized spacial score (nSPS) is 18.1. The second kappa shape index (κ2) is 7.47. The van der Waals surface area contributed by atoms with Crippen molar-refractivity contribution in [3.8, 4) is 0 Å². The summed E-state index contributed by atoms with van der Waals surface area (Å²) >= 11 is 0. The number of amides is 3. The van der Waals surface area contributed by atoms with E-state index in [9.17, 15) is 9.59 Å². The maximum atomic E-state index is 12.2. The van der Waals surface area contributed by atoms with Crippen molar-refractivity contribution in [3.05, 3.63) is 0 Å². The molecule has 0 saturated carbocycles. The van der Waals surface area contributed by atoms with Gasteiger partial charge in [0.1, 0.15) is 0 Å². The van der Waals surface area contributed by atoms with E-state index in [-0.39, 0.29) is 24.0 Å². The molecule has 1 atom stereocenters. The first-order valence-corrected chi connectivity index (χ1v) is 7.32. The van der Waals surface area contributed by atoms with Crippen LogP contribution in [0.25, 0.3) is 0 Å². The minimum Gasteiger partial charge on any atom is -0.351 e. The molecular formula is C14H28N4O2. The highest BCUT2D eigenvalue weighted by molar-refractivity contribution is 5.81. The fourth-order valence-corrected chi connectivity index (χ4v) is 2.57. The van der Waals surface area contributed by atoms with Crippen molar-refractivity contribution < 1.29 is 9.59 Å². The average molecular weight is 284 g/mol. The Bertz CT molecular complexity index is 336. The van der Waals surface area contributed by atoms with E-state index in [4.69, 9.17) is 5.73 Å². The van der Waals surface area contributed by atoms with E-state index in [0.717, 1.165) is 19.3 Å². The molecule has 6 nitrogen and oxygen atoms in total. The van der Waals surface area contributed by atoms with Crippen LogP contribution in [0, 0.1) is 5.92 Å². The number of piperidine rings is 1. The standard InChI is InChI=1S/C14H28N4O2/c1-10(2)9-12(13(19)17(3)4)16-11-5-7-18(8-6-11)14(15)20/h10-12,16H,5-9H2,1-4H3,(H2,15,20). The molecule has 1 unspecified atom stereocenters. The summed E-state index contributed by atoms with van der Waals surface area (Å²) in [6.45, 7) is 5.57. The van der Waals surface area contributed by atoms with Gasteiger partial charge in [-0.25, -0.2) is 4.79 Å². The monoisotopic (exact) mass is 284 g/mol. The zero-order valence-corrected chi connectivity index (χ0v) is 13.1. The van der Waals surface area contributed by atoms with E-state index in [1.807, 2.05) is 0 Å². The number of carbonyl (C=O) groups is 2. The van der Waals surface area contributed by atoms with E-state index >= 15 is 0 Å². The van der Waals surface area contributed by atoms with Crippen molar-refractivity contribution in [1.29, 1.82) is 0 Å². The van der Waals surface area contributed by atoms with Crippen LogP contribution in [-0.4, -0.2) is 61.0 Å². The molecule has 0 bridgehead atoms. The van der Waals surface area contributed by atoms with Crippen molar-refractivity contribution in [2.75, 3.05) is 27.2 Å². The van der Waals surface area contributed by atoms with Crippen LogP contribution < -0.4 is 11.1 Å². The molecule has 0 radical (unpaired) electrons. The summed E-state index contributed by atoms with van der Waals surface area (Å²) in [5.41, 5.74) is 5.27. The maximum Gasteiger partial charge on any atom is 0.314 e. The second-order valence-corrected chi connectivity index (χ2v) is 6.18. The summed E-state index contributed by atoms with van der Waals surface area (Å²) in [5.74, 6) is 0.582. The van der Waals surface area contributed by atoms with E-state index < -0.39 is 0 Å². The SMILES string of the molecule is CC(C)CC(NC1CCN(C(N)=O)CC1)C(=O)N(C)C. The van der Waals surface area contributed by atoms with Crippen molar-refractivity contribution in [1.82, 2.24) is 15.1 Å². The third kappa shape index (κ3) is 5.00. The van der Waals surface area contributed by atoms with Gasteiger partial charge in [-0.3, -0.25) is 4.79 Å². The number of rotatable bonds is 5. The summed E-state index contributed by atoms with van der Waals surface area (Å²) in [6.07, 6.45) is 2.52. The molecule has 1 saturated heterocycles. The fraction of sp³-hybridized carbons (Fsp3) is 0.857. The zero-order valence-electron chi connectivity index (χ0n) is 13.1. The lowest BCUT2D eigenvalue weighted by atomic mass is 9.99. The van der Waals surface area contributed by atoms with E-state index in [1.54, 1.807) is 23.9 Å². The molecule has 0 aliphatic carbocycles. The van der Waals surface area contributed by atoms with Crippen LogP contribution in [0.1, 0.15) is 33.1 Å². The number of likely N-dealkylation sites (N-methyl/N-ethyl adjacent to an activating group) is 1. The highest BCUT2D eigenvalue weighted by Crippen LogP contribution is 2.14. The van der Waals surface area contributed by atoms with E-state index in [2.05, 4.69) is 19.2 Å². The van der Waals surface area contributed by atoms with Crippen molar-refractivity contribution in [2.45, 2.75) is 45.2 Å². The van der Waals surface area contributed by atoms with Gasteiger partial charge in [0, 0.05) is 33.2 Å². The molecule has 0 spiro atoms. The van der Waals surface area contributed by atoms with Gasteiger partial charge in [0.05, 0.1) is 6.04 Å². The lowest BCUT2D eigenvalue weighted by Crippen LogP contribution is -2.53. The first-order chi connectivity index (χ1) is 9.31. The molecule has 1 fully saturated rings. The van der Waals surface area contributed by atoms with Gasteiger partial charge in [0.15, 0.2) is 0 Å². The van der Waals surface area contributed by atoms with Gasteiger partial charge in [-0.1, -0.05) is 13.8 Å². The topological polar surface area (TPSA) is 78.7 Å². The number of carbonyl (C=O) groups excluding carboxylic acids is 2. The Kier molecular flexibility index (Phi) is 6.26. The van der Waals surface area contributed by atoms with Gasteiger partial charge in [-0.2, -0.15) is 0 Å². The summed E-state index contributed by atoms with van der Waals surface area (Å²) < 4.78 is 0. The molecule has 6 heteroatoms. The number of nitrogens with one attached hydrogen (secondary N) is 1. The molecule has 0 aromatic heterocycles. The highest BCUT2D eigenvalue weighted by atomic mass is 16.2. The lowest BCUT2D eigenvalue weighted by molar-refractivity contribution is -0.131. The molecule has 1 rings (SSSR count). The summed E-state index contributed by atoms with van der Waals surface area (Å²) in [7, 11) is 3.57. The molecule has 1 aliphatic heterocycles. The zero-order chi connectivity index (χ0) is 15.3. The second-order valence-electron chi connectivity index (χ2n) is 6.18. The largest absolute Gasteiger partial charge is 0.351 e. The number of hydrogen-bond acceptors (Lipinski definition) is 3. The van der Waals surface area contributed by atoms with E-state index in [1.165, 1.54) is 0 Å². The molecule has 1 aliphatic rings. The van der Waals surface area contributed by atoms with Gasteiger partial charge in [0.2, 0.25) is 5.91 Å². The van der Waals surface area contributed by atoms with Crippen LogP contribution >= 0.6 is 0 Å². The minimum absolute atomic E-state index is 0.121. The Hall–Kier alpha value is -1.30. The summed E-state index contributed by atoms with van der Waals surface area (Å²) in [4.78, 5) is 26.6. The van der Waals surface area contributed by atoms with Gasteiger partial charge in [-0.05, 0) is 25.2 Å². The number of hydrogen-bond donors (Lipinski definition) is 2. The first-order valence-electron chi connectivity index (χ1n) is 7.32. The van der Waals surface area contributed by atoms with Crippen LogP contribution in [0.5, 0.6) is 0 Å². The van der Waals surface area contributed by atoms with Gasteiger partial charge in [0.25, 0.3) is 0 Å². The molecule has 0 aromatic carbocycles. The number of nitrogens with two attached hydrogens (primary N) is 1. The minimum atomic E-state index is -0.355. The van der Waals surface area contributed by atoms with Gasteiger partial charge < -0.3 is 20.9 Å². The Balaban J connectivity index is 2.54. The Morgan fingerprint density at radius 3 is 2.25 bits per heavy atom. The molecule has 0 aromatic rings. The third-order valence-electron chi connectivity index (χ3n) is 3.69. The fourth-order valence-electron chi connectivity index (χ4n) is 2.57. The molecule has 3 N–H and O–H groups in total. The Morgan fingerprint density at radius 2 is 1.85 bits per heavy atom. The predicted molar refractivity (Wildman–Crippen MR) is 79.3 cm³/mol. The smallest absolute Gasteiger partial charge is 0.314 e. The lowest BCUT2D eigenvalue weighted by Gasteiger charge is -2.34. The highest BCUT2D eigenvalue weighted by Gasteiger charge is 2.27. The Labute approximate surface area is 121 Å². The third-order valence-corrected chi connectivity index (χ3v) is 3.69. The molecule has 20 heavy (non-hydrogen) atoms. The molecule has 3 amide bonds. The van der Waals surface area contributed by atoms with Crippen LogP contribution in [-0.2, 0) is 4.79 Å². The number of primary amides is 1. The van der Waals surface area contributed by atoms with Crippen LogP contribution in [0.3, 0.4) is 0 Å². The number of urea groups is 1. The van der Waals surface area contributed by atoms with Crippen LogP contribution in [0.15, 0.2) is 0 Å². The molecule has 116 valence electrons. The summed E-state index contributed by atoms with van der Waals surface area (Å²) in [5, 5.41) is 3.46. The maximum absolute atomic E-state index is 12.2. The van der Waals surface area contributed by atoms with Crippen molar-refractivity contribution in [2.24, 2.45) is 11.7 Å². The molecular weight excluding hydrogens is 256 g/mol. The number of likely N-dealkylation sites (tertiary alicyclic amines) is 1. The number of nitrogens with zero attached hydrogens (tertiary/aromatic N) is 2. The predicted octanol–water partition coefficient (Wildman–Crippen LogP) is 0.622. The molecule has 1 heterocycles. The van der Waals surface area contributed by atoms with Gasteiger partial charge in [-0.15, -0.1) is 0 Å². The first kappa shape index (κ1) is 16.8.